The lowest BCUT2D eigenvalue weighted by molar-refractivity contribution is 0.429. The average molecular weight is 1370 g/mol. The number of allylic oxidation sites excluding steroid dienone is 7. The van der Waals surface area contributed by atoms with Gasteiger partial charge in [0.05, 0.1) is 0 Å². The zero-order valence-corrected chi connectivity index (χ0v) is 65.5. The lowest BCUT2D eigenvalue weighted by Gasteiger charge is -2.25. The Kier molecular flexibility index (Phi) is 35.2. The molecular weight excluding hydrogens is 1240 g/mol. The van der Waals surface area contributed by atoms with Gasteiger partial charge in [-0.05, 0) is 174 Å². The van der Waals surface area contributed by atoms with E-state index < -0.39 is 0 Å². The Balaban J connectivity index is 1.10. The highest BCUT2D eigenvalue weighted by molar-refractivity contribution is 8.21. The van der Waals surface area contributed by atoms with Crippen molar-refractivity contribution in [3.05, 3.63) is 94.0 Å². The molecule has 8 rings (SSSR count). The van der Waals surface area contributed by atoms with Gasteiger partial charge in [-0.1, -0.05) is 272 Å². The molecule has 8 heterocycles. The van der Waals surface area contributed by atoms with Gasteiger partial charge in [0, 0.05) is 55.9 Å². The van der Waals surface area contributed by atoms with Gasteiger partial charge >= 0.3 is 0 Å². The van der Waals surface area contributed by atoms with Gasteiger partial charge in [-0.25, -0.2) is 0 Å². The van der Waals surface area contributed by atoms with Gasteiger partial charge in [-0.2, -0.15) is 0 Å². The van der Waals surface area contributed by atoms with Gasteiger partial charge in [0.25, 0.3) is 0 Å². The summed E-state index contributed by atoms with van der Waals surface area (Å²) >= 11 is 16.3. The van der Waals surface area contributed by atoms with Crippen molar-refractivity contribution in [3.8, 4) is 9.75 Å². The average Bonchev–Trinajstić information content (AvgIpc) is 1.63. The third kappa shape index (κ3) is 22.4. The molecule has 506 valence electrons. The van der Waals surface area contributed by atoms with Crippen molar-refractivity contribution < 1.29 is 0 Å². The van der Waals surface area contributed by atoms with Crippen molar-refractivity contribution in [2.75, 3.05) is 0 Å². The molecule has 6 aliphatic heterocycles. The molecule has 12 unspecified atom stereocenters. The smallest absolute Gasteiger partial charge is 0.0498 e. The first-order chi connectivity index (χ1) is 44.1. The van der Waals surface area contributed by atoms with Crippen molar-refractivity contribution in [3.63, 3.8) is 0 Å². The van der Waals surface area contributed by atoms with E-state index in [1.165, 1.54) is 263 Å². The van der Waals surface area contributed by atoms with Crippen LogP contribution in [0.4, 0.5) is 0 Å². The fourth-order valence-electron chi connectivity index (χ4n) is 15.7. The van der Waals surface area contributed by atoms with E-state index in [1.54, 1.807) is 60.7 Å². The summed E-state index contributed by atoms with van der Waals surface area (Å²) in [6.07, 6.45) is 69.3. The molecule has 2 aromatic heterocycles. The highest BCUT2D eigenvalue weighted by Gasteiger charge is 2.48. The third-order valence-electron chi connectivity index (χ3n) is 21.0. The molecule has 8 heteroatoms. The molecule has 0 spiro atoms. The van der Waals surface area contributed by atoms with Crippen LogP contribution in [-0.2, 0) is 12.8 Å². The lowest BCUT2D eigenvalue weighted by atomic mass is 9.87. The van der Waals surface area contributed by atoms with E-state index in [9.17, 15) is 0 Å². The van der Waals surface area contributed by atoms with Crippen LogP contribution in [0.15, 0.2) is 73.1 Å². The fourth-order valence-corrected chi connectivity index (χ4v) is 29.1. The zero-order valence-electron chi connectivity index (χ0n) is 58.9. The molecule has 0 aromatic carbocycles. The first kappa shape index (κ1) is 75.6. The Morgan fingerprint density at radius 2 is 0.911 bits per heavy atom. The van der Waals surface area contributed by atoms with Crippen LogP contribution in [0, 0.1) is 29.6 Å². The van der Waals surface area contributed by atoms with Gasteiger partial charge in [0.2, 0.25) is 0 Å². The number of thioether (sulfide) groups is 5. The topological polar surface area (TPSA) is 0 Å². The predicted octanol–water partition coefficient (Wildman–Crippen LogP) is 30.1. The Bertz CT molecular complexity index is 2620. The summed E-state index contributed by atoms with van der Waals surface area (Å²) in [6, 6.07) is 5.59. The molecular formula is C82H130S8. The van der Waals surface area contributed by atoms with Crippen LogP contribution in [0.2, 0.25) is 0 Å². The van der Waals surface area contributed by atoms with Crippen LogP contribution in [-0.4, -0.2) is 32.1 Å². The van der Waals surface area contributed by atoms with Crippen molar-refractivity contribution in [2.24, 2.45) is 29.6 Å². The van der Waals surface area contributed by atoms with E-state index in [0.29, 0.717) is 55.2 Å². The number of hydrogen-bond donors (Lipinski definition) is 0. The van der Waals surface area contributed by atoms with Crippen molar-refractivity contribution >= 4 is 103 Å². The summed E-state index contributed by atoms with van der Waals surface area (Å²) < 4.78 is 0. The van der Waals surface area contributed by atoms with Crippen LogP contribution in [0.1, 0.15) is 339 Å². The second kappa shape index (κ2) is 41.9. The molecule has 0 bridgehead atoms. The summed E-state index contributed by atoms with van der Waals surface area (Å²) in [5.41, 5.74) is 4.96. The minimum absolute atomic E-state index is 0.00336. The monoisotopic (exact) mass is 1370 g/mol. The number of hydrogen-bond acceptors (Lipinski definition) is 7. The quantitative estimate of drug-likeness (QED) is 0.0477. The fraction of sp³-hybridized carbons (Fsp3) is 0.744. The van der Waals surface area contributed by atoms with Crippen molar-refractivity contribution in [2.45, 2.75) is 357 Å². The van der Waals surface area contributed by atoms with E-state index in [1.807, 2.05) is 0 Å². The summed E-state index contributed by atoms with van der Waals surface area (Å²) in [5.74, 6) is 8.32. The summed E-state index contributed by atoms with van der Waals surface area (Å²) in [7, 11) is 0.00336. The molecule has 0 amide bonds. The van der Waals surface area contributed by atoms with Gasteiger partial charge in [0.15, 0.2) is 0 Å². The summed E-state index contributed by atoms with van der Waals surface area (Å²) in [5, 5.41) is 6.34. The first-order valence-corrected chi connectivity index (χ1v) is 46.1. The van der Waals surface area contributed by atoms with E-state index in [4.69, 9.17) is 5.87 Å². The van der Waals surface area contributed by atoms with Crippen LogP contribution in [0.3, 0.4) is 0 Å². The second-order valence-corrected chi connectivity index (χ2v) is 38.8. The Morgan fingerprint density at radius 1 is 0.433 bits per heavy atom. The van der Waals surface area contributed by atoms with Gasteiger partial charge in [-0.3, -0.25) is 0 Å². The number of unbranched alkanes of at least 4 members (excludes halogenated alkanes) is 24. The van der Waals surface area contributed by atoms with E-state index in [2.05, 4.69) is 192 Å². The summed E-state index contributed by atoms with van der Waals surface area (Å²) in [4.78, 5) is 15.0. The maximum Gasteiger partial charge on any atom is 0.0498 e. The Labute approximate surface area is 588 Å². The maximum atomic E-state index is 4.90. The normalized spacial score (nSPS) is 26.7. The van der Waals surface area contributed by atoms with Crippen LogP contribution in [0.25, 0.3) is 14.7 Å². The van der Waals surface area contributed by atoms with Crippen molar-refractivity contribution in [1.82, 2.24) is 0 Å². The molecule has 0 saturated carbocycles. The molecule has 2 aromatic rings. The van der Waals surface area contributed by atoms with E-state index in [-0.39, 0.29) is 10.5 Å². The number of thiophene rings is 2. The van der Waals surface area contributed by atoms with Crippen LogP contribution < -0.4 is 0 Å². The number of rotatable bonds is 47. The van der Waals surface area contributed by atoms with E-state index >= 15 is 0 Å². The zero-order chi connectivity index (χ0) is 63.5. The van der Waals surface area contributed by atoms with Crippen LogP contribution >= 0.6 is 92.0 Å². The maximum absolute atomic E-state index is 4.90. The molecule has 0 radical (unpaired) electrons. The van der Waals surface area contributed by atoms with Crippen molar-refractivity contribution in [1.29, 1.82) is 0 Å². The second-order valence-electron chi connectivity index (χ2n) is 28.7. The molecule has 0 N–H and O–H groups in total. The van der Waals surface area contributed by atoms with Gasteiger partial charge < -0.3 is 0 Å². The molecule has 1 saturated heterocycles. The highest BCUT2D eigenvalue weighted by Crippen LogP contribution is 2.62. The minimum Gasteiger partial charge on any atom is -0.148 e. The SMILES string of the molecule is C=S1C=C(CCCCCC)C=C1C1SC(C2SC(C3SC(c4sc(-c5sc(C6SC(C7SC(C)=CC7CCCCCC)=CC6CCCCCC)cc5CCCCCC)cc4CCCCCC)=CC3CCCCCC)CC2CCCCCC)=CC1CCCCCC. The molecule has 6 aliphatic rings. The first-order valence-electron chi connectivity index (χ1n) is 38.5. The van der Waals surface area contributed by atoms with Gasteiger partial charge in [-0.15, -0.1) is 92.0 Å². The molecule has 0 aliphatic carbocycles. The molecule has 1 fully saturated rings. The number of aryl methyl sites for hydroxylation is 2. The molecule has 12 atom stereocenters. The highest BCUT2D eigenvalue weighted by atomic mass is 32.2. The largest absolute Gasteiger partial charge is 0.148 e. The Morgan fingerprint density at radius 3 is 1.48 bits per heavy atom. The predicted molar refractivity (Wildman–Crippen MR) is 426 cm³/mol. The van der Waals surface area contributed by atoms with E-state index in [0.717, 1.165) is 5.92 Å². The lowest BCUT2D eigenvalue weighted by Crippen LogP contribution is -2.24. The van der Waals surface area contributed by atoms with Gasteiger partial charge in [0.1, 0.15) is 0 Å². The third-order valence-corrected chi connectivity index (χ3v) is 33.8. The molecule has 90 heavy (non-hydrogen) atoms. The summed E-state index contributed by atoms with van der Waals surface area (Å²) in [6.45, 7) is 21.4. The standard InChI is InChI=1S/C82H130S8/c1-11-19-27-35-43-61-52-75(90(10)59-61)82-68(50-42-34-26-18-8)58-74(89-82)81-67(49-41-33-25-17-7)57-73(88-81)80-66(48-40-32-24-16-6)56-72(87-80)79-65(47-39-31-23-15-5)55-71(86-79)78-64(46-38-30-22-14-4)54-70(85-78)77-63(45-37-29-21-13-3)53-69(84-77)76-62(51-60(9)83-76)44-36-28-20-12-2/h51-56,58-59,62-63,66-68,73,76-77,80-82H,10-50,57H2,1-9H3. The minimum atomic E-state index is 0.00336. The Hall–Kier alpha value is -0.190. The molecule has 0 nitrogen and oxygen atoms in total. The van der Waals surface area contributed by atoms with Crippen LogP contribution in [0.5, 0.6) is 0 Å².